The van der Waals surface area contributed by atoms with E-state index in [9.17, 15) is 9.18 Å². The summed E-state index contributed by atoms with van der Waals surface area (Å²) in [6, 6.07) is 0.236. The Hall–Kier alpha value is -0.680. The molecular formula is C13H21FN2O2. The quantitative estimate of drug-likeness (QED) is 0.696. The maximum absolute atomic E-state index is 14.2. The van der Waals surface area contributed by atoms with Gasteiger partial charge in [0.25, 0.3) is 5.91 Å². The molecule has 0 aromatic rings. The zero-order valence-electron chi connectivity index (χ0n) is 10.9. The Morgan fingerprint density at radius 3 is 2.83 bits per heavy atom. The van der Waals surface area contributed by atoms with E-state index < -0.39 is 5.67 Å². The maximum atomic E-state index is 14.2. The molecule has 1 aliphatic carbocycles. The van der Waals surface area contributed by atoms with E-state index in [1.807, 2.05) is 0 Å². The number of nitrogens with zero attached hydrogens (tertiary/aromatic N) is 2. The van der Waals surface area contributed by atoms with Gasteiger partial charge in [-0.25, -0.2) is 4.39 Å². The number of hydrogen-bond donors (Lipinski definition) is 0. The zero-order chi connectivity index (χ0) is 12.8. The summed E-state index contributed by atoms with van der Waals surface area (Å²) in [5.74, 6) is -0.286. The number of rotatable bonds is 1. The number of amides is 1. The highest BCUT2D eigenvalue weighted by Crippen LogP contribution is 2.38. The molecule has 3 aliphatic rings. The molecule has 1 amide bonds. The smallest absolute Gasteiger partial charge is 0.260 e. The van der Waals surface area contributed by atoms with Crippen LogP contribution in [-0.2, 0) is 9.53 Å². The van der Waals surface area contributed by atoms with Gasteiger partial charge in [-0.3, -0.25) is 9.69 Å². The van der Waals surface area contributed by atoms with Gasteiger partial charge in [-0.05, 0) is 32.7 Å². The number of fused-ring (bicyclic) bond motifs is 1. The molecule has 2 aliphatic heterocycles. The van der Waals surface area contributed by atoms with Gasteiger partial charge in [0.15, 0.2) is 5.67 Å². The van der Waals surface area contributed by atoms with Gasteiger partial charge < -0.3 is 9.64 Å². The van der Waals surface area contributed by atoms with Crippen molar-refractivity contribution in [2.24, 2.45) is 0 Å². The van der Waals surface area contributed by atoms with E-state index in [2.05, 4.69) is 11.9 Å². The minimum atomic E-state index is -1.55. The highest BCUT2D eigenvalue weighted by atomic mass is 19.1. The van der Waals surface area contributed by atoms with Gasteiger partial charge in [0.1, 0.15) is 0 Å². The van der Waals surface area contributed by atoms with Crippen LogP contribution in [0, 0.1) is 0 Å². The van der Waals surface area contributed by atoms with Gasteiger partial charge in [0, 0.05) is 19.6 Å². The summed E-state index contributed by atoms with van der Waals surface area (Å²) in [5.41, 5.74) is -1.55. The lowest BCUT2D eigenvalue weighted by atomic mass is 9.80. The maximum Gasteiger partial charge on any atom is 0.260 e. The Morgan fingerprint density at radius 1 is 1.39 bits per heavy atom. The Labute approximate surface area is 107 Å². The molecule has 5 heteroatoms. The predicted octanol–water partition coefficient (Wildman–Crippen LogP) is 0.810. The van der Waals surface area contributed by atoms with Crippen molar-refractivity contribution in [2.45, 2.75) is 43.5 Å². The minimum Gasteiger partial charge on any atom is -0.375 e. The van der Waals surface area contributed by atoms with Crippen molar-refractivity contribution in [1.82, 2.24) is 9.80 Å². The summed E-state index contributed by atoms with van der Waals surface area (Å²) in [6.45, 7) is 2.91. The highest BCUT2D eigenvalue weighted by Gasteiger charge is 2.49. The van der Waals surface area contributed by atoms with E-state index in [1.54, 1.807) is 4.90 Å². The fourth-order valence-corrected chi connectivity index (χ4v) is 3.21. The Bertz CT molecular complexity index is 346. The summed E-state index contributed by atoms with van der Waals surface area (Å²) in [5, 5.41) is 0. The number of likely N-dealkylation sites (tertiary alicyclic amines) is 1. The van der Waals surface area contributed by atoms with Crippen molar-refractivity contribution in [2.75, 3.05) is 33.3 Å². The van der Waals surface area contributed by atoms with Crippen LogP contribution in [0.5, 0.6) is 0 Å². The molecule has 2 saturated heterocycles. The van der Waals surface area contributed by atoms with Crippen molar-refractivity contribution in [3.05, 3.63) is 0 Å². The Balaban J connectivity index is 1.67. The third-order valence-corrected chi connectivity index (χ3v) is 4.68. The van der Waals surface area contributed by atoms with E-state index >= 15 is 0 Å². The van der Waals surface area contributed by atoms with Crippen molar-refractivity contribution in [3.63, 3.8) is 0 Å². The lowest BCUT2D eigenvalue weighted by Crippen LogP contribution is -2.62. The molecule has 1 saturated carbocycles. The van der Waals surface area contributed by atoms with E-state index in [0.717, 1.165) is 26.0 Å². The number of ether oxygens (including phenoxy) is 1. The number of piperidine rings is 1. The highest BCUT2D eigenvalue weighted by molar-refractivity contribution is 5.86. The van der Waals surface area contributed by atoms with E-state index in [-0.39, 0.29) is 18.1 Å². The summed E-state index contributed by atoms with van der Waals surface area (Å²) in [4.78, 5) is 16.1. The van der Waals surface area contributed by atoms with Gasteiger partial charge in [0.05, 0.1) is 18.8 Å². The van der Waals surface area contributed by atoms with Crippen LogP contribution in [-0.4, -0.2) is 66.8 Å². The van der Waals surface area contributed by atoms with Gasteiger partial charge in [-0.15, -0.1) is 0 Å². The van der Waals surface area contributed by atoms with E-state index in [4.69, 9.17) is 4.74 Å². The largest absolute Gasteiger partial charge is 0.375 e. The van der Waals surface area contributed by atoms with Crippen molar-refractivity contribution in [1.29, 1.82) is 0 Å². The number of carbonyl (C=O) groups excluding carboxylic acids is 1. The first-order chi connectivity index (χ1) is 8.60. The fraction of sp³-hybridized carbons (Fsp3) is 0.923. The molecule has 3 fully saturated rings. The van der Waals surface area contributed by atoms with Gasteiger partial charge >= 0.3 is 0 Å². The first-order valence-electron chi connectivity index (χ1n) is 6.90. The van der Waals surface area contributed by atoms with Crippen LogP contribution in [0.3, 0.4) is 0 Å². The molecule has 0 bridgehead atoms. The number of morpholine rings is 1. The van der Waals surface area contributed by atoms with Gasteiger partial charge in [-0.1, -0.05) is 0 Å². The number of likely N-dealkylation sites (N-methyl/N-ethyl adjacent to an activating group) is 1. The second-order valence-electron chi connectivity index (χ2n) is 5.82. The standard InChI is InChI=1S/C13H21FN2O2/c1-15-7-8-18-11-3-6-16(9-10(11)15)12(17)13(14)4-2-5-13/h10-11H,2-9H2,1H3/t10-,11-/m0/s1. The average molecular weight is 256 g/mol. The molecule has 3 rings (SSSR count). The van der Waals surface area contributed by atoms with Crippen LogP contribution in [0.2, 0.25) is 0 Å². The van der Waals surface area contributed by atoms with Crippen LogP contribution in [0.1, 0.15) is 25.7 Å². The topological polar surface area (TPSA) is 32.8 Å². The molecule has 0 N–H and O–H groups in total. The van der Waals surface area contributed by atoms with Crippen LogP contribution < -0.4 is 0 Å². The van der Waals surface area contributed by atoms with Crippen LogP contribution in [0.4, 0.5) is 4.39 Å². The Morgan fingerprint density at radius 2 is 2.17 bits per heavy atom. The SMILES string of the molecule is CN1CCO[C@H]2CCN(C(=O)C3(F)CCC3)C[C@@H]21. The molecule has 2 heterocycles. The third-order valence-electron chi connectivity index (χ3n) is 4.68. The minimum absolute atomic E-state index is 0.213. The summed E-state index contributed by atoms with van der Waals surface area (Å²) >= 11 is 0. The number of hydrogen-bond acceptors (Lipinski definition) is 3. The van der Waals surface area contributed by atoms with Crippen molar-refractivity contribution in [3.8, 4) is 0 Å². The van der Waals surface area contributed by atoms with Crippen LogP contribution >= 0.6 is 0 Å². The molecule has 0 radical (unpaired) electrons. The molecule has 18 heavy (non-hydrogen) atoms. The molecule has 102 valence electrons. The number of alkyl halides is 1. The third kappa shape index (κ3) is 1.93. The monoisotopic (exact) mass is 256 g/mol. The lowest BCUT2D eigenvalue weighted by molar-refractivity contribution is -0.158. The number of carbonyl (C=O) groups is 1. The number of halogens is 1. The lowest BCUT2D eigenvalue weighted by Gasteiger charge is -2.47. The summed E-state index contributed by atoms with van der Waals surface area (Å²) in [6.07, 6.45) is 2.69. The first-order valence-corrected chi connectivity index (χ1v) is 6.90. The zero-order valence-corrected chi connectivity index (χ0v) is 10.9. The second-order valence-corrected chi connectivity index (χ2v) is 5.82. The molecular weight excluding hydrogens is 235 g/mol. The molecule has 0 aromatic carbocycles. The normalized spacial score (nSPS) is 35.8. The van der Waals surface area contributed by atoms with E-state index in [0.29, 0.717) is 25.9 Å². The predicted molar refractivity (Wildman–Crippen MR) is 65.0 cm³/mol. The van der Waals surface area contributed by atoms with Crippen LogP contribution in [0.15, 0.2) is 0 Å². The molecule has 0 unspecified atom stereocenters. The van der Waals surface area contributed by atoms with Crippen molar-refractivity contribution < 1.29 is 13.9 Å². The van der Waals surface area contributed by atoms with E-state index in [1.165, 1.54) is 0 Å². The molecule has 4 nitrogen and oxygen atoms in total. The average Bonchev–Trinajstić information content (AvgIpc) is 2.35. The Kier molecular flexibility index (Phi) is 3.06. The summed E-state index contributed by atoms with van der Waals surface area (Å²) < 4.78 is 19.9. The van der Waals surface area contributed by atoms with Crippen molar-refractivity contribution >= 4 is 5.91 Å². The molecule has 0 aromatic heterocycles. The van der Waals surface area contributed by atoms with Crippen LogP contribution in [0.25, 0.3) is 0 Å². The molecule has 2 atom stereocenters. The fourth-order valence-electron chi connectivity index (χ4n) is 3.21. The second kappa shape index (κ2) is 4.46. The van der Waals surface area contributed by atoms with Gasteiger partial charge in [0.2, 0.25) is 0 Å². The first kappa shape index (κ1) is 12.4. The van der Waals surface area contributed by atoms with Gasteiger partial charge in [-0.2, -0.15) is 0 Å². The summed E-state index contributed by atoms with van der Waals surface area (Å²) in [7, 11) is 2.06. The molecule has 0 spiro atoms.